The van der Waals surface area contributed by atoms with Gasteiger partial charge in [-0.1, -0.05) is 34.6 Å². The Morgan fingerprint density at radius 2 is 1.95 bits per heavy atom. The molecular weight excluding hydrogens is 492 g/mol. The maximum absolute atomic E-state index is 13.2. The Labute approximate surface area is 224 Å². The highest BCUT2D eigenvalue weighted by Gasteiger charge is 2.59. The molecule has 1 saturated heterocycles. The van der Waals surface area contributed by atoms with Crippen molar-refractivity contribution in [2.45, 2.75) is 72.3 Å². The molecule has 0 unspecified atom stereocenters. The molecule has 5 atom stereocenters. The number of rotatable bonds is 7. The number of fused-ring (bicyclic) bond motifs is 2. The fourth-order valence-corrected chi connectivity index (χ4v) is 7.48. The number of anilines is 1. The Kier molecular flexibility index (Phi) is 8.36. The topological polar surface area (TPSA) is 124 Å². The smallest absolute Gasteiger partial charge is 0.231 e. The Hall–Kier alpha value is -1.59. The molecule has 2 heterocycles. The first-order valence-electron chi connectivity index (χ1n) is 13.6. The number of thiazole rings is 1. The maximum Gasteiger partial charge on any atom is 0.231 e. The molecule has 2 fully saturated rings. The highest BCUT2D eigenvalue weighted by atomic mass is 32.1. The van der Waals surface area contributed by atoms with Gasteiger partial charge in [-0.2, -0.15) is 0 Å². The number of hydrogen-bond acceptors (Lipinski definition) is 8. The summed E-state index contributed by atoms with van der Waals surface area (Å²) < 4.78 is 5.40. The van der Waals surface area contributed by atoms with Crippen LogP contribution in [0.5, 0.6) is 0 Å². The van der Waals surface area contributed by atoms with Crippen LogP contribution in [-0.4, -0.2) is 84.0 Å². The lowest BCUT2D eigenvalue weighted by Crippen LogP contribution is -2.57. The zero-order valence-corrected chi connectivity index (χ0v) is 23.7. The fourth-order valence-electron chi connectivity index (χ4n) is 6.42. The van der Waals surface area contributed by atoms with Crippen molar-refractivity contribution in [1.29, 1.82) is 0 Å². The molecule has 0 radical (unpaired) electrons. The van der Waals surface area contributed by atoms with Gasteiger partial charge >= 0.3 is 0 Å². The van der Waals surface area contributed by atoms with Crippen molar-refractivity contribution in [2.24, 2.45) is 22.2 Å². The van der Waals surface area contributed by atoms with Crippen molar-refractivity contribution in [1.82, 2.24) is 15.2 Å². The van der Waals surface area contributed by atoms with E-state index in [1.54, 1.807) is 0 Å². The van der Waals surface area contributed by atoms with Crippen LogP contribution in [0, 0.1) is 22.2 Å². The zero-order chi connectivity index (χ0) is 27.0. The molecule has 4 rings (SSSR count). The summed E-state index contributed by atoms with van der Waals surface area (Å²) in [5.74, 6) is -0.301. The molecule has 208 valence electrons. The van der Waals surface area contributed by atoms with Crippen molar-refractivity contribution in [2.75, 3.05) is 51.3 Å². The average molecular weight is 537 g/mol. The molecule has 1 aliphatic heterocycles. The van der Waals surface area contributed by atoms with Crippen LogP contribution < -0.4 is 10.6 Å². The minimum absolute atomic E-state index is 0.0148. The number of carbonyl (C=O) groups is 2. The summed E-state index contributed by atoms with van der Waals surface area (Å²) in [4.78, 5) is 34.1. The van der Waals surface area contributed by atoms with Crippen LogP contribution in [0.2, 0.25) is 0 Å². The average Bonchev–Trinajstić information content (AvgIpc) is 3.25. The Balaban J connectivity index is 1.58. The van der Waals surface area contributed by atoms with E-state index in [1.807, 2.05) is 27.7 Å². The number of hydrogen-bond donors (Lipinski definition) is 4. The number of nitrogens with one attached hydrogen (secondary N) is 2. The molecule has 10 heteroatoms. The molecule has 9 nitrogen and oxygen atoms in total. The second-order valence-corrected chi connectivity index (χ2v) is 13.7. The van der Waals surface area contributed by atoms with E-state index in [0.717, 1.165) is 49.8 Å². The van der Waals surface area contributed by atoms with E-state index in [2.05, 4.69) is 22.5 Å². The van der Waals surface area contributed by atoms with E-state index >= 15 is 0 Å². The predicted octanol–water partition coefficient (Wildman–Crippen LogP) is 2.38. The van der Waals surface area contributed by atoms with Crippen LogP contribution in [0.25, 0.3) is 0 Å². The standard InChI is InChI=1S/C27H44N4O5S/c1-25(2,3)23(35)30-24-29-22-17(14-21(34)28-8-9-31-10-12-36-13-11-31)26(4)7-6-20(33)27(5,16-32)19(26)15-18(22)37-24/h17,19-20,32-33H,6-16H2,1-5H3,(H,28,34)(H,29,30,35)/t17-,19+,20-,26+,27+/m1/s1. The third-order valence-electron chi connectivity index (χ3n) is 9.04. The van der Waals surface area contributed by atoms with E-state index in [0.29, 0.717) is 24.5 Å². The van der Waals surface area contributed by atoms with Gasteiger partial charge in [-0.3, -0.25) is 14.5 Å². The van der Waals surface area contributed by atoms with Gasteiger partial charge in [-0.05, 0) is 30.6 Å². The van der Waals surface area contributed by atoms with Gasteiger partial charge in [0.05, 0.1) is 31.6 Å². The van der Waals surface area contributed by atoms with Crippen molar-refractivity contribution in [3.8, 4) is 0 Å². The highest BCUT2D eigenvalue weighted by molar-refractivity contribution is 7.15. The summed E-state index contributed by atoms with van der Waals surface area (Å²) in [5.41, 5.74) is -0.655. The molecule has 0 spiro atoms. The summed E-state index contributed by atoms with van der Waals surface area (Å²) in [7, 11) is 0. The molecule has 0 aromatic carbocycles. The molecule has 2 aliphatic carbocycles. The Morgan fingerprint density at radius 3 is 2.59 bits per heavy atom. The van der Waals surface area contributed by atoms with Crippen molar-refractivity contribution < 1.29 is 24.5 Å². The summed E-state index contributed by atoms with van der Waals surface area (Å²) in [5, 5.41) is 28.0. The molecular formula is C27H44N4O5S. The van der Waals surface area contributed by atoms with Gasteiger partial charge in [0, 0.05) is 54.2 Å². The number of aromatic nitrogens is 1. The second-order valence-electron chi connectivity index (χ2n) is 12.6. The van der Waals surface area contributed by atoms with Gasteiger partial charge in [0.1, 0.15) is 0 Å². The van der Waals surface area contributed by atoms with Crippen LogP contribution in [0.4, 0.5) is 5.13 Å². The van der Waals surface area contributed by atoms with Crippen molar-refractivity contribution in [3.63, 3.8) is 0 Å². The summed E-state index contributed by atoms with van der Waals surface area (Å²) in [6, 6.07) is 0. The van der Waals surface area contributed by atoms with Crippen molar-refractivity contribution in [3.05, 3.63) is 10.6 Å². The SMILES string of the molecule is CC(C)(C)C(=O)Nc1nc2c(s1)C[C@@H]1[C@](C)(CO)[C@H](O)CC[C@@]1(C)[C@@H]2CC(=O)NCCN1CCOCC1. The molecule has 1 aromatic rings. The first-order valence-corrected chi connectivity index (χ1v) is 14.4. The van der Waals surface area contributed by atoms with E-state index in [9.17, 15) is 19.8 Å². The maximum atomic E-state index is 13.2. The Bertz CT molecular complexity index is 988. The second kappa shape index (κ2) is 10.9. The minimum Gasteiger partial charge on any atom is -0.396 e. The number of aliphatic hydroxyl groups is 2. The fraction of sp³-hybridized carbons (Fsp3) is 0.815. The summed E-state index contributed by atoms with van der Waals surface area (Å²) in [6.07, 6.45) is 1.68. The van der Waals surface area contributed by atoms with E-state index in [-0.39, 0.29) is 42.1 Å². The van der Waals surface area contributed by atoms with Gasteiger partial charge in [-0.25, -0.2) is 4.98 Å². The summed E-state index contributed by atoms with van der Waals surface area (Å²) in [6.45, 7) is 14.2. The molecule has 37 heavy (non-hydrogen) atoms. The quantitative estimate of drug-likeness (QED) is 0.422. The van der Waals surface area contributed by atoms with Crippen LogP contribution in [0.3, 0.4) is 0 Å². The molecule has 2 amide bonds. The number of aliphatic hydroxyl groups excluding tert-OH is 2. The first-order chi connectivity index (χ1) is 17.4. The molecule has 1 aromatic heterocycles. The van der Waals surface area contributed by atoms with E-state index < -0.39 is 16.9 Å². The molecule has 3 aliphatic rings. The predicted molar refractivity (Wildman–Crippen MR) is 144 cm³/mol. The first kappa shape index (κ1) is 28.4. The zero-order valence-electron chi connectivity index (χ0n) is 22.9. The van der Waals surface area contributed by atoms with Crippen LogP contribution in [0.15, 0.2) is 0 Å². The normalized spacial score (nSPS) is 32.4. The minimum atomic E-state index is -0.672. The lowest BCUT2D eigenvalue weighted by molar-refractivity contribution is -0.144. The van der Waals surface area contributed by atoms with Gasteiger partial charge in [0.25, 0.3) is 0 Å². The molecule has 1 saturated carbocycles. The number of morpholine rings is 1. The number of carbonyl (C=O) groups excluding carboxylic acids is 2. The van der Waals surface area contributed by atoms with Crippen LogP contribution in [-0.2, 0) is 20.7 Å². The van der Waals surface area contributed by atoms with Crippen LogP contribution >= 0.6 is 11.3 Å². The van der Waals surface area contributed by atoms with Gasteiger partial charge in [0.2, 0.25) is 11.8 Å². The summed E-state index contributed by atoms with van der Waals surface area (Å²) >= 11 is 1.46. The van der Waals surface area contributed by atoms with Gasteiger partial charge < -0.3 is 25.6 Å². The van der Waals surface area contributed by atoms with E-state index in [4.69, 9.17) is 9.72 Å². The number of nitrogens with zero attached hydrogens (tertiary/aromatic N) is 2. The number of ether oxygens (including phenoxy) is 1. The Morgan fingerprint density at radius 1 is 1.24 bits per heavy atom. The largest absolute Gasteiger partial charge is 0.396 e. The van der Waals surface area contributed by atoms with Crippen LogP contribution in [0.1, 0.15) is 70.4 Å². The monoisotopic (exact) mass is 536 g/mol. The lowest BCUT2D eigenvalue weighted by atomic mass is 9.47. The third-order valence-corrected chi connectivity index (χ3v) is 10.0. The molecule has 4 N–H and O–H groups in total. The van der Waals surface area contributed by atoms with E-state index in [1.165, 1.54) is 11.3 Å². The van der Waals surface area contributed by atoms with Gasteiger partial charge in [-0.15, -0.1) is 11.3 Å². The highest BCUT2D eigenvalue weighted by Crippen LogP contribution is 2.62. The lowest BCUT2D eigenvalue weighted by Gasteiger charge is -2.58. The van der Waals surface area contributed by atoms with Crippen molar-refractivity contribution >= 4 is 28.3 Å². The van der Waals surface area contributed by atoms with Gasteiger partial charge in [0.15, 0.2) is 5.13 Å². The third kappa shape index (κ3) is 5.73. The number of amides is 2. The molecule has 0 bridgehead atoms.